The van der Waals surface area contributed by atoms with Gasteiger partial charge in [-0.15, -0.1) is 0 Å². The van der Waals surface area contributed by atoms with Gasteiger partial charge in [-0.2, -0.15) is 0 Å². The smallest absolute Gasteiger partial charge is 0.330 e. The molecule has 0 amide bonds. The van der Waals surface area contributed by atoms with Crippen LogP contribution in [-0.2, 0) is 23.1 Å². The molecule has 1 aromatic heterocycles. The van der Waals surface area contributed by atoms with Crippen molar-refractivity contribution in [1.82, 2.24) is 9.55 Å². The minimum atomic E-state index is -2.38. The summed E-state index contributed by atoms with van der Waals surface area (Å²) in [4.78, 5) is 38.7. The van der Waals surface area contributed by atoms with Crippen LogP contribution in [0.4, 0.5) is 0 Å². The summed E-state index contributed by atoms with van der Waals surface area (Å²) in [6.07, 6.45) is -1.68. The van der Waals surface area contributed by atoms with E-state index in [-0.39, 0.29) is 16.7 Å². The van der Waals surface area contributed by atoms with E-state index < -0.39 is 58.4 Å². The summed E-state index contributed by atoms with van der Waals surface area (Å²) in [7, 11) is -4.50. The Balaban J connectivity index is 2.52. The Morgan fingerprint density at radius 3 is 2.06 bits per heavy atom. The number of nitrogens with zero attached hydrogens (tertiary/aromatic N) is 1. The lowest BCUT2D eigenvalue weighted by Gasteiger charge is -2.40. The molecular weight excluding hydrogens is 472 g/mol. The van der Waals surface area contributed by atoms with Crippen molar-refractivity contribution in [3.8, 4) is 0 Å². The van der Waals surface area contributed by atoms with Gasteiger partial charge in [0.2, 0.25) is 0 Å². The van der Waals surface area contributed by atoms with Crippen molar-refractivity contribution >= 4 is 22.6 Å². The van der Waals surface area contributed by atoms with Crippen LogP contribution in [0.5, 0.6) is 0 Å². The SMILES string of the molecule is CC(=O)O[C@H]1[C@@H](O[Si](C)(C)C(C)(C)C)[C@H](n2ccc(=O)[nH]c2=O)O[C@@H]1CO[Si](C)(C)C(C)(C)C. The number of hydrogen-bond acceptors (Lipinski definition) is 7. The van der Waals surface area contributed by atoms with Crippen LogP contribution in [0.3, 0.4) is 0 Å². The number of rotatable bonds is 7. The third-order valence-electron chi connectivity index (χ3n) is 7.36. The Kier molecular flexibility index (Phi) is 8.31. The van der Waals surface area contributed by atoms with E-state index in [1.54, 1.807) is 0 Å². The van der Waals surface area contributed by atoms with E-state index in [9.17, 15) is 14.4 Å². The fourth-order valence-corrected chi connectivity index (χ4v) is 5.48. The quantitative estimate of drug-likeness (QED) is 0.436. The Hall–Kier alpha value is -1.54. The normalized spacial score (nSPS) is 24.3. The van der Waals surface area contributed by atoms with Gasteiger partial charge in [0.1, 0.15) is 12.2 Å². The van der Waals surface area contributed by atoms with Gasteiger partial charge in [0.25, 0.3) is 5.56 Å². The minimum absolute atomic E-state index is 0.0190. The predicted octanol–water partition coefficient (Wildman–Crippen LogP) is 3.78. The Bertz CT molecular complexity index is 989. The number of esters is 1. The molecular formula is C23H42N2O7Si2. The highest BCUT2D eigenvalue weighted by molar-refractivity contribution is 6.74. The molecule has 0 aromatic carbocycles. The number of H-pyrrole nitrogens is 1. The number of ether oxygens (including phenoxy) is 2. The first-order valence-corrected chi connectivity index (χ1v) is 17.5. The second kappa shape index (κ2) is 9.84. The third-order valence-corrected chi connectivity index (χ3v) is 16.3. The zero-order valence-electron chi connectivity index (χ0n) is 22.5. The fraction of sp³-hybridized carbons (Fsp3) is 0.783. The summed E-state index contributed by atoms with van der Waals surface area (Å²) in [5, 5.41) is -0.154. The van der Waals surface area contributed by atoms with E-state index in [0.29, 0.717) is 0 Å². The van der Waals surface area contributed by atoms with Gasteiger partial charge < -0.3 is 18.3 Å². The maximum Gasteiger partial charge on any atom is 0.330 e. The largest absolute Gasteiger partial charge is 0.457 e. The Morgan fingerprint density at radius 2 is 1.59 bits per heavy atom. The number of hydrogen-bond donors (Lipinski definition) is 1. The van der Waals surface area contributed by atoms with E-state index in [2.05, 4.69) is 72.7 Å². The first-order chi connectivity index (χ1) is 15.3. The van der Waals surface area contributed by atoms with Crippen molar-refractivity contribution in [3.63, 3.8) is 0 Å². The van der Waals surface area contributed by atoms with E-state index in [0.717, 1.165) is 0 Å². The molecule has 0 bridgehead atoms. The number of nitrogens with one attached hydrogen (secondary N) is 1. The molecule has 2 heterocycles. The molecule has 2 rings (SSSR count). The maximum absolute atomic E-state index is 12.7. The molecule has 1 aliphatic rings. The number of aromatic amines is 1. The van der Waals surface area contributed by atoms with Crippen LogP contribution in [0.25, 0.3) is 0 Å². The third kappa shape index (κ3) is 6.36. The van der Waals surface area contributed by atoms with Crippen molar-refractivity contribution in [2.24, 2.45) is 0 Å². The summed E-state index contributed by atoms with van der Waals surface area (Å²) in [5.74, 6) is -0.468. The highest BCUT2D eigenvalue weighted by Gasteiger charge is 2.53. The average molecular weight is 515 g/mol. The minimum Gasteiger partial charge on any atom is -0.457 e. The first-order valence-electron chi connectivity index (χ1n) is 11.7. The van der Waals surface area contributed by atoms with Crippen LogP contribution >= 0.6 is 0 Å². The molecule has 34 heavy (non-hydrogen) atoms. The number of aromatic nitrogens is 2. The topological polar surface area (TPSA) is 109 Å². The average Bonchev–Trinajstić information content (AvgIpc) is 2.94. The molecule has 1 aliphatic heterocycles. The van der Waals surface area contributed by atoms with Crippen LogP contribution in [0.1, 0.15) is 54.7 Å². The summed E-state index contributed by atoms with van der Waals surface area (Å²) < 4.78 is 26.5. The van der Waals surface area contributed by atoms with Crippen molar-refractivity contribution < 1.29 is 23.1 Å². The van der Waals surface area contributed by atoms with Gasteiger partial charge in [0.05, 0.1) is 6.61 Å². The molecule has 1 aromatic rings. The molecule has 1 N–H and O–H groups in total. The molecule has 4 atom stereocenters. The number of carbonyl (C=O) groups is 1. The summed E-state index contributed by atoms with van der Waals surface area (Å²) in [6.45, 7) is 22.7. The Morgan fingerprint density at radius 1 is 1.03 bits per heavy atom. The van der Waals surface area contributed by atoms with Crippen LogP contribution in [0.2, 0.25) is 36.3 Å². The summed E-state index contributed by atoms with van der Waals surface area (Å²) >= 11 is 0. The van der Waals surface area contributed by atoms with Crippen molar-refractivity contribution in [3.05, 3.63) is 33.1 Å². The number of carbonyl (C=O) groups excluding carboxylic acids is 1. The maximum atomic E-state index is 12.7. The van der Waals surface area contributed by atoms with Gasteiger partial charge in [-0.05, 0) is 36.3 Å². The van der Waals surface area contributed by atoms with Crippen molar-refractivity contribution in [2.75, 3.05) is 6.61 Å². The van der Waals surface area contributed by atoms with Crippen LogP contribution in [0.15, 0.2) is 21.9 Å². The van der Waals surface area contributed by atoms with E-state index in [4.69, 9.17) is 18.3 Å². The highest BCUT2D eigenvalue weighted by atomic mass is 28.4. The van der Waals surface area contributed by atoms with Gasteiger partial charge in [-0.1, -0.05) is 41.5 Å². The molecule has 0 saturated carbocycles. The monoisotopic (exact) mass is 514 g/mol. The molecule has 0 spiro atoms. The van der Waals surface area contributed by atoms with Gasteiger partial charge in [-0.3, -0.25) is 19.1 Å². The summed E-state index contributed by atoms with van der Waals surface area (Å²) in [5.41, 5.74) is -1.12. The molecule has 0 radical (unpaired) electrons. The van der Waals surface area contributed by atoms with Gasteiger partial charge in [-0.25, -0.2) is 4.79 Å². The van der Waals surface area contributed by atoms with Gasteiger partial charge in [0.15, 0.2) is 29.0 Å². The van der Waals surface area contributed by atoms with Gasteiger partial charge >= 0.3 is 11.7 Å². The lowest BCUT2D eigenvalue weighted by Crippen LogP contribution is -2.51. The lowest BCUT2D eigenvalue weighted by molar-refractivity contribution is -0.153. The van der Waals surface area contributed by atoms with E-state index in [1.807, 2.05) is 0 Å². The van der Waals surface area contributed by atoms with E-state index >= 15 is 0 Å². The first kappa shape index (κ1) is 28.7. The predicted molar refractivity (Wildman–Crippen MR) is 136 cm³/mol. The van der Waals surface area contributed by atoms with Crippen LogP contribution < -0.4 is 11.2 Å². The Labute approximate surface area is 204 Å². The molecule has 11 heteroatoms. The van der Waals surface area contributed by atoms with Crippen LogP contribution in [0, 0.1) is 0 Å². The standard InChI is InChI=1S/C23H42N2O7Si2/c1-15(26)30-18-16(14-29-33(8,9)22(2,3)4)31-20(25-13-12-17(27)24-21(25)28)19(18)32-34(10,11)23(5,6)7/h12-13,16,18-20H,14H2,1-11H3,(H,24,27,28)/t16-,18-,19-,20-/m1/s1. The second-order valence-corrected chi connectivity index (χ2v) is 21.6. The second-order valence-electron chi connectivity index (χ2n) is 12.1. The van der Waals surface area contributed by atoms with Crippen molar-refractivity contribution in [1.29, 1.82) is 0 Å². The zero-order valence-corrected chi connectivity index (χ0v) is 24.5. The lowest BCUT2D eigenvalue weighted by atomic mass is 10.1. The molecule has 194 valence electrons. The molecule has 9 nitrogen and oxygen atoms in total. The highest BCUT2D eigenvalue weighted by Crippen LogP contribution is 2.43. The molecule has 0 unspecified atom stereocenters. The fourth-order valence-electron chi connectivity index (χ4n) is 3.18. The summed E-state index contributed by atoms with van der Waals surface area (Å²) in [6, 6.07) is 1.26. The molecule has 1 saturated heterocycles. The van der Waals surface area contributed by atoms with E-state index in [1.165, 1.54) is 23.8 Å². The molecule has 1 fully saturated rings. The van der Waals surface area contributed by atoms with Gasteiger partial charge in [0, 0.05) is 19.2 Å². The zero-order chi connectivity index (χ0) is 26.3. The van der Waals surface area contributed by atoms with Crippen LogP contribution in [-0.4, -0.2) is 57.1 Å². The molecule has 0 aliphatic carbocycles. The van der Waals surface area contributed by atoms with Crippen molar-refractivity contribution in [2.45, 2.75) is 109 Å².